The van der Waals surface area contributed by atoms with Crippen LogP contribution in [0.2, 0.25) is 0 Å². The maximum absolute atomic E-state index is 12.2. The monoisotopic (exact) mass is 256 g/mol. The van der Waals surface area contributed by atoms with Crippen LogP contribution in [0.25, 0.3) is 0 Å². The standard InChI is InChI=1S/C13H24N2O3/c1-3-15(11-7-5-4-6-8-11)13(18)14(2)10-9-12(16)17/h11H,3-10H2,1-2H3,(H,16,17). The van der Waals surface area contributed by atoms with Crippen molar-refractivity contribution >= 4 is 12.0 Å². The van der Waals surface area contributed by atoms with E-state index in [1.54, 1.807) is 7.05 Å². The van der Waals surface area contributed by atoms with Crippen LogP contribution in [0.1, 0.15) is 45.4 Å². The summed E-state index contributed by atoms with van der Waals surface area (Å²) in [5.74, 6) is -0.865. The smallest absolute Gasteiger partial charge is 0.319 e. The van der Waals surface area contributed by atoms with Crippen molar-refractivity contribution in [2.75, 3.05) is 20.1 Å². The van der Waals surface area contributed by atoms with Gasteiger partial charge in [0.25, 0.3) is 0 Å². The predicted molar refractivity (Wildman–Crippen MR) is 69.5 cm³/mol. The molecule has 18 heavy (non-hydrogen) atoms. The van der Waals surface area contributed by atoms with Crippen molar-refractivity contribution < 1.29 is 14.7 Å². The molecule has 0 bridgehead atoms. The van der Waals surface area contributed by atoms with Gasteiger partial charge < -0.3 is 14.9 Å². The number of hydrogen-bond acceptors (Lipinski definition) is 2. The molecule has 1 rings (SSSR count). The highest BCUT2D eigenvalue weighted by Gasteiger charge is 2.26. The molecular formula is C13H24N2O3. The first-order chi connectivity index (χ1) is 8.56. The minimum Gasteiger partial charge on any atom is -0.481 e. The van der Waals surface area contributed by atoms with Gasteiger partial charge >= 0.3 is 12.0 Å². The molecule has 0 spiro atoms. The normalized spacial score (nSPS) is 16.3. The highest BCUT2D eigenvalue weighted by atomic mass is 16.4. The molecule has 0 aromatic carbocycles. The van der Waals surface area contributed by atoms with Crippen molar-refractivity contribution in [3.8, 4) is 0 Å². The van der Waals surface area contributed by atoms with Gasteiger partial charge in [-0.15, -0.1) is 0 Å². The molecular weight excluding hydrogens is 232 g/mol. The molecule has 0 heterocycles. The van der Waals surface area contributed by atoms with Crippen LogP contribution < -0.4 is 0 Å². The lowest BCUT2D eigenvalue weighted by molar-refractivity contribution is -0.137. The Hall–Kier alpha value is -1.26. The molecule has 1 N–H and O–H groups in total. The van der Waals surface area contributed by atoms with E-state index in [0.717, 1.165) is 12.8 Å². The Morgan fingerprint density at radius 2 is 1.83 bits per heavy atom. The number of carboxylic acids is 1. The Balaban J connectivity index is 2.51. The van der Waals surface area contributed by atoms with Crippen molar-refractivity contribution in [1.82, 2.24) is 9.80 Å². The Kier molecular flexibility index (Phi) is 5.95. The van der Waals surface area contributed by atoms with Crippen LogP contribution in [0.3, 0.4) is 0 Å². The molecule has 0 radical (unpaired) electrons. The van der Waals surface area contributed by atoms with Gasteiger partial charge in [0.15, 0.2) is 0 Å². The van der Waals surface area contributed by atoms with E-state index >= 15 is 0 Å². The number of urea groups is 1. The van der Waals surface area contributed by atoms with E-state index in [2.05, 4.69) is 0 Å². The van der Waals surface area contributed by atoms with Crippen molar-refractivity contribution in [3.05, 3.63) is 0 Å². The van der Waals surface area contributed by atoms with E-state index in [1.165, 1.54) is 24.2 Å². The molecule has 0 aromatic rings. The van der Waals surface area contributed by atoms with E-state index in [1.807, 2.05) is 11.8 Å². The molecule has 5 heteroatoms. The first-order valence-corrected chi connectivity index (χ1v) is 6.79. The fourth-order valence-corrected chi connectivity index (χ4v) is 2.52. The van der Waals surface area contributed by atoms with E-state index in [0.29, 0.717) is 12.6 Å². The highest BCUT2D eigenvalue weighted by molar-refractivity contribution is 5.75. The van der Waals surface area contributed by atoms with Crippen LogP contribution in [-0.4, -0.2) is 53.1 Å². The molecule has 1 aliphatic rings. The van der Waals surface area contributed by atoms with E-state index < -0.39 is 5.97 Å². The number of rotatable bonds is 5. The Morgan fingerprint density at radius 1 is 1.22 bits per heavy atom. The molecule has 0 aromatic heterocycles. The predicted octanol–water partition coefficient (Wildman–Crippen LogP) is 2.17. The van der Waals surface area contributed by atoms with E-state index in [-0.39, 0.29) is 19.0 Å². The van der Waals surface area contributed by atoms with Gasteiger partial charge in [-0.25, -0.2) is 4.79 Å². The topological polar surface area (TPSA) is 60.9 Å². The van der Waals surface area contributed by atoms with Crippen molar-refractivity contribution in [1.29, 1.82) is 0 Å². The first-order valence-electron chi connectivity index (χ1n) is 6.79. The molecule has 0 atom stereocenters. The quantitative estimate of drug-likeness (QED) is 0.820. The van der Waals surface area contributed by atoms with Crippen LogP contribution in [-0.2, 0) is 4.79 Å². The van der Waals surface area contributed by atoms with Gasteiger partial charge in [-0.3, -0.25) is 4.79 Å². The number of carbonyl (C=O) groups excluding carboxylic acids is 1. The van der Waals surface area contributed by atoms with Gasteiger partial charge in [0.2, 0.25) is 0 Å². The maximum Gasteiger partial charge on any atom is 0.319 e. The molecule has 2 amide bonds. The second-order valence-electron chi connectivity index (χ2n) is 4.93. The number of carbonyl (C=O) groups is 2. The zero-order valence-corrected chi connectivity index (χ0v) is 11.4. The summed E-state index contributed by atoms with van der Waals surface area (Å²) in [4.78, 5) is 26.2. The summed E-state index contributed by atoms with van der Waals surface area (Å²) in [5, 5.41) is 8.64. The number of nitrogens with zero attached hydrogens (tertiary/aromatic N) is 2. The van der Waals surface area contributed by atoms with Crippen LogP contribution in [0.5, 0.6) is 0 Å². The van der Waals surface area contributed by atoms with Crippen LogP contribution >= 0.6 is 0 Å². The molecule has 0 unspecified atom stereocenters. The number of amides is 2. The van der Waals surface area contributed by atoms with Crippen molar-refractivity contribution in [2.45, 2.75) is 51.5 Å². The minimum atomic E-state index is -0.865. The third-order valence-electron chi connectivity index (χ3n) is 3.59. The summed E-state index contributed by atoms with van der Waals surface area (Å²) in [6.45, 7) is 2.95. The van der Waals surface area contributed by atoms with E-state index in [9.17, 15) is 9.59 Å². The lowest BCUT2D eigenvalue weighted by Crippen LogP contribution is -2.47. The van der Waals surface area contributed by atoms with Crippen molar-refractivity contribution in [3.63, 3.8) is 0 Å². The maximum atomic E-state index is 12.2. The third kappa shape index (κ3) is 4.20. The lowest BCUT2D eigenvalue weighted by atomic mass is 9.94. The second-order valence-corrected chi connectivity index (χ2v) is 4.93. The van der Waals surface area contributed by atoms with Crippen LogP contribution in [0.4, 0.5) is 4.79 Å². The Bertz CT molecular complexity index is 288. The summed E-state index contributed by atoms with van der Waals surface area (Å²) in [6, 6.07) is 0.300. The summed E-state index contributed by atoms with van der Waals surface area (Å²) < 4.78 is 0. The number of carboxylic acid groups (broad SMARTS) is 1. The van der Waals surface area contributed by atoms with Crippen LogP contribution in [0, 0.1) is 0 Å². The summed E-state index contributed by atoms with van der Waals surface area (Å²) in [5.41, 5.74) is 0. The van der Waals surface area contributed by atoms with Gasteiger partial charge in [0.05, 0.1) is 6.42 Å². The van der Waals surface area contributed by atoms with Gasteiger partial charge in [-0.2, -0.15) is 0 Å². The SMILES string of the molecule is CCN(C(=O)N(C)CCC(=O)O)C1CCCCC1. The third-order valence-corrected chi connectivity index (χ3v) is 3.59. The molecule has 1 fully saturated rings. The molecule has 104 valence electrons. The first kappa shape index (κ1) is 14.8. The van der Waals surface area contributed by atoms with Gasteiger partial charge in [0.1, 0.15) is 0 Å². The average Bonchev–Trinajstić information content (AvgIpc) is 2.38. The minimum absolute atomic E-state index is 0.00443. The van der Waals surface area contributed by atoms with Gasteiger partial charge in [0, 0.05) is 26.2 Å². The average molecular weight is 256 g/mol. The lowest BCUT2D eigenvalue weighted by Gasteiger charge is -2.36. The highest BCUT2D eigenvalue weighted by Crippen LogP contribution is 2.23. The number of hydrogen-bond donors (Lipinski definition) is 1. The zero-order valence-electron chi connectivity index (χ0n) is 11.4. The zero-order chi connectivity index (χ0) is 13.5. The molecule has 0 aliphatic heterocycles. The molecule has 5 nitrogen and oxygen atoms in total. The van der Waals surface area contributed by atoms with E-state index in [4.69, 9.17) is 5.11 Å². The Labute approximate surface area is 109 Å². The molecule has 1 aliphatic carbocycles. The second kappa shape index (κ2) is 7.24. The van der Waals surface area contributed by atoms with Crippen LogP contribution in [0.15, 0.2) is 0 Å². The molecule has 0 saturated heterocycles. The summed E-state index contributed by atoms with van der Waals surface area (Å²) in [6.07, 6.45) is 5.79. The number of aliphatic carboxylic acids is 1. The summed E-state index contributed by atoms with van der Waals surface area (Å²) >= 11 is 0. The largest absolute Gasteiger partial charge is 0.481 e. The molecule has 1 saturated carbocycles. The van der Waals surface area contributed by atoms with Crippen molar-refractivity contribution in [2.24, 2.45) is 0 Å². The fraction of sp³-hybridized carbons (Fsp3) is 0.846. The van der Waals surface area contributed by atoms with Gasteiger partial charge in [-0.05, 0) is 19.8 Å². The van der Waals surface area contributed by atoms with Gasteiger partial charge in [-0.1, -0.05) is 19.3 Å². The Morgan fingerprint density at radius 3 is 2.33 bits per heavy atom. The summed E-state index contributed by atoms with van der Waals surface area (Å²) in [7, 11) is 1.68. The fourth-order valence-electron chi connectivity index (χ4n) is 2.52.